The summed E-state index contributed by atoms with van der Waals surface area (Å²) in [6, 6.07) is 11.9. The highest BCUT2D eigenvalue weighted by Crippen LogP contribution is 2.23. The molecule has 2 aromatic rings. The Hall–Kier alpha value is -2.50. The summed E-state index contributed by atoms with van der Waals surface area (Å²) in [6.45, 7) is 1.84. The Morgan fingerprint density at radius 3 is 2.24 bits per heavy atom. The lowest BCUT2D eigenvalue weighted by Gasteiger charge is -2.10. The molecule has 0 unspecified atom stereocenters. The van der Waals surface area contributed by atoms with E-state index in [1.807, 2.05) is 19.1 Å². The average Bonchev–Trinajstić information content (AvgIpc) is 2.40. The molecule has 0 bridgehead atoms. The fourth-order valence-electron chi connectivity index (χ4n) is 1.72. The molecule has 3 nitrogen and oxygen atoms in total. The molecular weight excluding hydrogens is 283 g/mol. The predicted molar refractivity (Wildman–Crippen MR) is 72.3 cm³/mol. The third-order valence-corrected chi connectivity index (χ3v) is 2.74. The molecular formula is C15H12F3NO2. The van der Waals surface area contributed by atoms with Crippen molar-refractivity contribution in [3.8, 4) is 5.75 Å². The van der Waals surface area contributed by atoms with Gasteiger partial charge in [0.2, 0.25) is 0 Å². The van der Waals surface area contributed by atoms with Gasteiger partial charge >= 0.3 is 6.36 Å². The molecule has 1 amide bonds. The largest absolute Gasteiger partial charge is 0.573 e. The van der Waals surface area contributed by atoms with Crippen molar-refractivity contribution in [3.05, 3.63) is 59.7 Å². The molecule has 0 fully saturated rings. The van der Waals surface area contributed by atoms with E-state index >= 15 is 0 Å². The summed E-state index contributed by atoms with van der Waals surface area (Å²) in [6.07, 6.45) is -4.75. The van der Waals surface area contributed by atoms with Crippen LogP contribution in [0.5, 0.6) is 5.75 Å². The maximum atomic E-state index is 12.0. The van der Waals surface area contributed by atoms with Gasteiger partial charge in [0, 0.05) is 11.3 Å². The summed E-state index contributed by atoms with van der Waals surface area (Å²) in [4.78, 5) is 12.0. The molecule has 21 heavy (non-hydrogen) atoms. The molecule has 110 valence electrons. The van der Waals surface area contributed by atoms with Crippen molar-refractivity contribution in [2.24, 2.45) is 0 Å². The van der Waals surface area contributed by atoms with Crippen LogP contribution in [0.3, 0.4) is 0 Å². The van der Waals surface area contributed by atoms with Crippen LogP contribution in [0.4, 0.5) is 18.9 Å². The number of rotatable bonds is 3. The molecule has 0 spiro atoms. The topological polar surface area (TPSA) is 38.3 Å². The summed E-state index contributed by atoms with van der Waals surface area (Å²) < 4.78 is 39.8. The van der Waals surface area contributed by atoms with Crippen molar-refractivity contribution in [3.63, 3.8) is 0 Å². The summed E-state index contributed by atoms with van der Waals surface area (Å²) in [5.74, 6) is -0.766. The van der Waals surface area contributed by atoms with Gasteiger partial charge in [-0.15, -0.1) is 13.2 Å². The van der Waals surface area contributed by atoms with Gasteiger partial charge in [-0.1, -0.05) is 18.2 Å². The summed E-state index contributed by atoms with van der Waals surface area (Å²) >= 11 is 0. The number of hydrogen-bond donors (Lipinski definition) is 1. The molecule has 0 aliphatic carbocycles. The fraction of sp³-hybridized carbons (Fsp3) is 0.133. The monoisotopic (exact) mass is 295 g/mol. The highest BCUT2D eigenvalue weighted by Gasteiger charge is 2.31. The molecule has 0 radical (unpaired) electrons. The number of benzene rings is 2. The molecule has 0 heterocycles. The Bertz CT molecular complexity index is 636. The second-order valence-corrected chi connectivity index (χ2v) is 4.34. The van der Waals surface area contributed by atoms with Crippen LogP contribution in [-0.2, 0) is 0 Å². The van der Waals surface area contributed by atoms with Gasteiger partial charge in [-0.05, 0) is 42.8 Å². The highest BCUT2D eigenvalue weighted by molar-refractivity contribution is 6.04. The van der Waals surface area contributed by atoms with Gasteiger partial charge in [0.05, 0.1) is 0 Å². The number of para-hydroxylation sites is 1. The summed E-state index contributed by atoms with van der Waals surface area (Å²) in [5.41, 5.74) is 1.79. The van der Waals surface area contributed by atoms with Gasteiger partial charge < -0.3 is 10.1 Å². The lowest BCUT2D eigenvalue weighted by atomic mass is 10.1. The molecule has 0 saturated carbocycles. The number of nitrogens with one attached hydrogen (secondary N) is 1. The number of alkyl halides is 3. The zero-order chi connectivity index (χ0) is 15.5. The van der Waals surface area contributed by atoms with Crippen LogP contribution in [0.1, 0.15) is 15.9 Å². The summed E-state index contributed by atoms with van der Waals surface area (Å²) in [7, 11) is 0. The number of carbonyl (C=O) groups excluding carboxylic acids is 1. The molecule has 0 aliphatic heterocycles. The molecule has 2 aromatic carbocycles. The third kappa shape index (κ3) is 4.24. The van der Waals surface area contributed by atoms with E-state index in [2.05, 4.69) is 10.1 Å². The molecule has 0 atom stereocenters. The number of aryl methyl sites for hydroxylation is 1. The van der Waals surface area contributed by atoms with E-state index in [1.54, 1.807) is 12.1 Å². The lowest BCUT2D eigenvalue weighted by molar-refractivity contribution is -0.274. The zero-order valence-electron chi connectivity index (χ0n) is 11.1. The maximum absolute atomic E-state index is 12.0. The minimum Gasteiger partial charge on any atom is -0.406 e. The van der Waals surface area contributed by atoms with E-state index in [0.717, 1.165) is 17.7 Å². The molecule has 6 heteroatoms. The molecule has 0 saturated heterocycles. The van der Waals surface area contributed by atoms with Crippen LogP contribution < -0.4 is 10.1 Å². The Labute approximate surface area is 119 Å². The van der Waals surface area contributed by atoms with E-state index in [-0.39, 0.29) is 11.3 Å². The van der Waals surface area contributed by atoms with E-state index in [9.17, 15) is 18.0 Å². The number of amides is 1. The van der Waals surface area contributed by atoms with Crippen molar-refractivity contribution >= 4 is 11.6 Å². The third-order valence-electron chi connectivity index (χ3n) is 2.74. The molecule has 0 aliphatic rings. The minimum atomic E-state index is -4.75. The Kier molecular flexibility index (Phi) is 4.16. The van der Waals surface area contributed by atoms with Crippen molar-refractivity contribution < 1.29 is 22.7 Å². The first-order chi connectivity index (χ1) is 9.85. The van der Waals surface area contributed by atoms with E-state index < -0.39 is 12.3 Å². The van der Waals surface area contributed by atoms with E-state index in [1.165, 1.54) is 12.1 Å². The van der Waals surface area contributed by atoms with Gasteiger partial charge in [0.25, 0.3) is 5.91 Å². The Morgan fingerprint density at radius 1 is 1.05 bits per heavy atom. The van der Waals surface area contributed by atoms with Gasteiger partial charge in [-0.25, -0.2) is 0 Å². The van der Waals surface area contributed by atoms with Crippen LogP contribution >= 0.6 is 0 Å². The van der Waals surface area contributed by atoms with Crippen molar-refractivity contribution in [1.29, 1.82) is 0 Å². The second kappa shape index (κ2) is 5.87. The predicted octanol–water partition coefficient (Wildman–Crippen LogP) is 4.15. The van der Waals surface area contributed by atoms with Gasteiger partial charge in [-0.2, -0.15) is 0 Å². The maximum Gasteiger partial charge on any atom is 0.573 e. The van der Waals surface area contributed by atoms with Crippen LogP contribution in [0.2, 0.25) is 0 Å². The van der Waals surface area contributed by atoms with E-state index in [0.29, 0.717) is 5.69 Å². The molecule has 2 rings (SSSR count). The van der Waals surface area contributed by atoms with Crippen LogP contribution in [-0.4, -0.2) is 12.3 Å². The standard InChI is InChI=1S/C15H12F3NO2/c1-10-4-2-3-5-13(10)19-14(20)11-6-8-12(9-7-11)21-15(16,17)18/h2-9H,1H3,(H,19,20). The number of carbonyl (C=O) groups is 1. The number of halogens is 3. The Balaban J connectivity index is 2.08. The first-order valence-corrected chi connectivity index (χ1v) is 6.08. The molecule has 0 aromatic heterocycles. The van der Waals surface area contributed by atoms with Gasteiger partial charge in [-0.3, -0.25) is 4.79 Å². The zero-order valence-corrected chi connectivity index (χ0v) is 11.1. The average molecular weight is 295 g/mol. The SMILES string of the molecule is Cc1ccccc1NC(=O)c1ccc(OC(F)(F)F)cc1. The van der Waals surface area contributed by atoms with Gasteiger partial charge in [0.15, 0.2) is 0 Å². The van der Waals surface area contributed by atoms with Crippen LogP contribution in [0, 0.1) is 6.92 Å². The first kappa shape index (κ1) is 14.9. The number of ether oxygens (including phenoxy) is 1. The lowest BCUT2D eigenvalue weighted by Crippen LogP contribution is -2.17. The van der Waals surface area contributed by atoms with E-state index in [4.69, 9.17) is 0 Å². The number of hydrogen-bond acceptors (Lipinski definition) is 2. The highest BCUT2D eigenvalue weighted by atomic mass is 19.4. The summed E-state index contributed by atoms with van der Waals surface area (Å²) in [5, 5.41) is 2.69. The van der Waals surface area contributed by atoms with Crippen molar-refractivity contribution in [2.45, 2.75) is 13.3 Å². The number of anilines is 1. The van der Waals surface area contributed by atoms with Crippen molar-refractivity contribution in [2.75, 3.05) is 5.32 Å². The van der Waals surface area contributed by atoms with Crippen LogP contribution in [0.15, 0.2) is 48.5 Å². The first-order valence-electron chi connectivity index (χ1n) is 6.08. The molecule has 1 N–H and O–H groups in total. The van der Waals surface area contributed by atoms with Crippen LogP contribution in [0.25, 0.3) is 0 Å². The minimum absolute atomic E-state index is 0.243. The van der Waals surface area contributed by atoms with Gasteiger partial charge in [0.1, 0.15) is 5.75 Å². The second-order valence-electron chi connectivity index (χ2n) is 4.34. The quantitative estimate of drug-likeness (QED) is 0.924. The Morgan fingerprint density at radius 2 is 1.67 bits per heavy atom. The fourth-order valence-corrected chi connectivity index (χ4v) is 1.72. The van der Waals surface area contributed by atoms with Crippen molar-refractivity contribution in [1.82, 2.24) is 0 Å². The smallest absolute Gasteiger partial charge is 0.406 e. The normalized spacial score (nSPS) is 11.0.